The monoisotopic (exact) mass is 451 g/mol. The number of carbonyl (C=O) groups is 1. The molecule has 1 aromatic heterocycles. The number of hydrogen-bond acceptors (Lipinski definition) is 4. The van der Waals surface area contributed by atoms with Crippen LogP contribution in [0.2, 0.25) is 0 Å². The summed E-state index contributed by atoms with van der Waals surface area (Å²) in [5, 5.41) is 2.88. The van der Waals surface area contributed by atoms with E-state index in [4.69, 9.17) is 0 Å². The van der Waals surface area contributed by atoms with Crippen molar-refractivity contribution in [2.45, 2.75) is 36.6 Å². The van der Waals surface area contributed by atoms with Gasteiger partial charge in [0.25, 0.3) is 0 Å². The minimum Gasteiger partial charge on any atom is -0.354 e. The van der Waals surface area contributed by atoms with Gasteiger partial charge in [-0.05, 0) is 55.2 Å². The van der Waals surface area contributed by atoms with E-state index in [9.17, 15) is 13.2 Å². The maximum Gasteiger partial charge on any atom is 0.243 e. The minimum atomic E-state index is -3.71. The molecular weight excluding hydrogens is 430 g/mol. The minimum absolute atomic E-state index is 0.209. The highest BCUT2D eigenvalue weighted by atomic mass is 79.9. The standard InChI is InChI=1S/C19H22BrN3O3S/c20-16-6-8-17(9-7-16)27(25,26)23-13-2-1-5-18(23)19(24)22-12-10-15-4-3-11-21-14-15/h3-4,6-9,11,14,18H,1-2,5,10,12-13H2,(H,22,24). The Morgan fingerprint density at radius 1 is 1.22 bits per heavy atom. The zero-order valence-electron chi connectivity index (χ0n) is 14.8. The summed E-state index contributed by atoms with van der Waals surface area (Å²) in [4.78, 5) is 17.0. The average Bonchev–Trinajstić information content (AvgIpc) is 2.69. The Hall–Kier alpha value is -1.77. The van der Waals surface area contributed by atoms with Gasteiger partial charge in [-0.2, -0.15) is 4.31 Å². The second-order valence-electron chi connectivity index (χ2n) is 6.48. The number of benzene rings is 1. The highest BCUT2D eigenvalue weighted by Crippen LogP contribution is 2.26. The fraction of sp³-hybridized carbons (Fsp3) is 0.368. The van der Waals surface area contributed by atoms with Crippen LogP contribution in [0.1, 0.15) is 24.8 Å². The van der Waals surface area contributed by atoms with Gasteiger partial charge in [-0.1, -0.05) is 28.4 Å². The first-order valence-corrected chi connectivity index (χ1v) is 11.2. The van der Waals surface area contributed by atoms with Crippen molar-refractivity contribution in [3.63, 3.8) is 0 Å². The first-order chi connectivity index (χ1) is 13.0. The molecule has 0 bridgehead atoms. The van der Waals surface area contributed by atoms with Crippen molar-refractivity contribution in [3.05, 3.63) is 58.8 Å². The Morgan fingerprint density at radius 3 is 2.70 bits per heavy atom. The predicted octanol–water partition coefficient (Wildman–Crippen LogP) is 2.75. The molecule has 1 saturated heterocycles. The number of piperidine rings is 1. The van der Waals surface area contributed by atoms with Crippen LogP contribution in [0.5, 0.6) is 0 Å². The summed E-state index contributed by atoms with van der Waals surface area (Å²) in [6.45, 7) is 0.812. The molecule has 0 spiro atoms. The van der Waals surface area contributed by atoms with Gasteiger partial charge in [0, 0.05) is 30.0 Å². The predicted molar refractivity (Wildman–Crippen MR) is 107 cm³/mol. The first-order valence-electron chi connectivity index (χ1n) is 8.92. The lowest BCUT2D eigenvalue weighted by atomic mass is 10.0. The number of pyridine rings is 1. The fourth-order valence-electron chi connectivity index (χ4n) is 3.19. The number of amides is 1. The third-order valence-corrected chi connectivity index (χ3v) is 7.06. The molecule has 144 valence electrons. The molecule has 1 unspecified atom stereocenters. The van der Waals surface area contributed by atoms with Crippen LogP contribution in [-0.4, -0.2) is 42.7 Å². The van der Waals surface area contributed by atoms with Gasteiger partial charge in [0.15, 0.2) is 0 Å². The van der Waals surface area contributed by atoms with Gasteiger partial charge >= 0.3 is 0 Å². The van der Waals surface area contributed by atoms with E-state index in [0.29, 0.717) is 25.9 Å². The molecular formula is C19H22BrN3O3S. The van der Waals surface area contributed by atoms with Crippen molar-refractivity contribution >= 4 is 31.9 Å². The Labute approximate surface area is 168 Å². The molecule has 0 saturated carbocycles. The van der Waals surface area contributed by atoms with Crippen molar-refractivity contribution in [2.24, 2.45) is 0 Å². The summed E-state index contributed by atoms with van der Waals surface area (Å²) < 4.78 is 28.2. The second kappa shape index (κ2) is 8.95. The average molecular weight is 452 g/mol. The second-order valence-corrected chi connectivity index (χ2v) is 9.29. The Balaban J connectivity index is 1.69. The molecule has 3 rings (SSSR count). The lowest BCUT2D eigenvalue weighted by Crippen LogP contribution is -2.52. The SMILES string of the molecule is O=C(NCCc1cccnc1)C1CCCCN1S(=O)(=O)c1ccc(Br)cc1. The van der Waals surface area contributed by atoms with Crippen LogP contribution in [0.25, 0.3) is 0 Å². The number of rotatable bonds is 6. The van der Waals surface area contributed by atoms with E-state index in [2.05, 4.69) is 26.2 Å². The lowest BCUT2D eigenvalue weighted by molar-refractivity contribution is -0.125. The van der Waals surface area contributed by atoms with Crippen molar-refractivity contribution in [1.29, 1.82) is 0 Å². The zero-order chi connectivity index (χ0) is 19.3. The molecule has 1 atom stereocenters. The third-order valence-electron chi connectivity index (χ3n) is 4.61. The van der Waals surface area contributed by atoms with Crippen LogP contribution in [0.3, 0.4) is 0 Å². The molecule has 2 aromatic rings. The van der Waals surface area contributed by atoms with Gasteiger partial charge in [0.05, 0.1) is 4.90 Å². The maximum atomic E-state index is 13.0. The summed E-state index contributed by atoms with van der Waals surface area (Å²) in [5.74, 6) is -0.237. The van der Waals surface area contributed by atoms with Crippen molar-refractivity contribution < 1.29 is 13.2 Å². The van der Waals surface area contributed by atoms with Crippen LogP contribution < -0.4 is 5.32 Å². The summed E-state index contributed by atoms with van der Waals surface area (Å²) in [6, 6.07) is 9.65. The molecule has 1 N–H and O–H groups in total. The number of aromatic nitrogens is 1. The van der Waals surface area contributed by atoms with E-state index in [0.717, 1.165) is 22.9 Å². The molecule has 1 aromatic carbocycles. The van der Waals surface area contributed by atoms with Gasteiger partial charge < -0.3 is 5.32 Å². The summed E-state index contributed by atoms with van der Waals surface area (Å²) in [5.41, 5.74) is 1.03. The summed E-state index contributed by atoms with van der Waals surface area (Å²) in [6.07, 6.45) is 6.26. The first kappa shape index (κ1) is 20.0. The molecule has 0 radical (unpaired) electrons. The van der Waals surface area contributed by atoms with Gasteiger partial charge in [-0.25, -0.2) is 8.42 Å². The Morgan fingerprint density at radius 2 is 2.00 bits per heavy atom. The topological polar surface area (TPSA) is 79.4 Å². The van der Waals surface area contributed by atoms with Crippen molar-refractivity contribution in [1.82, 2.24) is 14.6 Å². The number of nitrogens with zero attached hydrogens (tertiary/aromatic N) is 2. The molecule has 1 aliphatic rings. The molecule has 8 heteroatoms. The van der Waals surface area contributed by atoms with Gasteiger partial charge in [0.2, 0.25) is 15.9 Å². The summed E-state index contributed by atoms with van der Waals surface area (Å²) >= 11 is 3.31. The fourth-order valence-corrected chi connectivity index (χ4v) is 5.11. The number of hydrogen-bond donors (Lipinski definition) is 1. The van der Waals surface area contributed by atoms with Crippen LogP contribution in [0.4, 0.5) is 0 Å². The number of carbonyl (C=O) groups excluding carboxylic acids is 1. The lowest BCUT2D eigenvalue weighted by Gasteiger charge is -2.33. The molecule has 2 heterocycles. The Kier molecular flexibility index (Phi) is 6.62. The van der Waals surface area contributed by atoms with Gasteiger partial charge in [-0.15, -0.1) is 0 Å². The maximum absolute atomic E-state index is 13.0. The molecule has 0 aliphatic carbocycles. The molecule has 1 fully saturated rings. The number of sulfonamides is 1. The normalized spacial score (nSPS) is 18.2. The smallest absolute Gasteiger partial charge is 0.243 e. The van der Waals surface area contributed by atoms with E-state index < -0.39 is 16.1 Å². The zero-order valence-corrected chi connectivity index (χ0v) is 17.2. The molecule has 1 aliphatic heterocycles. The largest absolute Gasteiger partial charge is 0.354 e. The van der Waals surface area contributed by atoms with E-state index >= 15 is 0 Å². The Bertz CT molecular complexity index is 873. The number of nitrogens with one attached hydrogen (secondary N) is 1. The van der Waals surface area contributed by atoms with Crippen LogP contribution in [-0.2, 0) is 21.2 Å². The van der Waals surface area contributed by atoms with Gasteiger partial charge in [0.1, 0.15) is 6.04 Å². The molecule has 1 amide bonds. The van der Waals surface area contributed by atoms with Gasteiger partial charge in [-0.3, -0.25) is 9.78 Å². The van der Waals surface area contributed by atoms with E-state index in [-0.39, 0.29) is 10.8 Å². The van der Waals surface area contributed by atoms with E-state index in [1.165, 1.54) is 4.31 Å². The van der Waals surface area contributed by atoms with Crippen LogP contribution >= 0.6 is 15.9 Å². The van der Waals surface area contributed by atoms with Crippen molar-refractivity contribution in [3.8, 4) is 0 Å². The third kappa shape index (κ3) is 4.94. The molecule has 6 nitrogen and oxygen atoms in total. The quantitative estimate of drug-likeness (QED) is 0.731. The molecule has 27 heavy (non-hydrogen) atoms. The van der Waals surface area contributed by atoms with Crippen molar-refractivity contribution in [2.75, 3.05) is 13.1 Å². The van der Waals surface area contributed by atoms with E-state index in [1.54, 1.807) is 36.7 Å². The van der Waals surface area contributed by atoms with E-state index in [1.807, 2.05) is 12.1 Å². The number of halogens is 1. The van der Waals surface area contributed by atoms with Crippen LogP contribution in [0.15, 0.2) is 58.2 Å². The highest BCUT2D eigenvalue weighted by molar-refractivity contribution is 9.10. The van der Waals surface area contributed by atoms with Crippen LogP contribution in [0, 0.1) is 0 Å². The highest BCUT2D eigenvalue weighted by Gasteiger charge is 2.37. The summed E-state index contributed by atoms with van der Waals surface area (Å²) in [7, 11) is -3.71.